The lowest BCUT2D eigenvalue weighted by molar-refractivity contribution is 0.0671. The maximum Gasteiger partial charge on any atom is 0.267 e. The Morgan fingerprint density at radius 3 is 2.96 bits per heavy atom. The van der Waals surface area contributed by atoms with Gasteiger partial charge in [-0.3, -0.25) is 4.79 Å². The normalized spacial score (nSPS) is 17.9. The molecule has 25 heavy (non-hydrogen) atoms. The Kier molecular flexibility index (Phi) is 5.78. The third kappa shape index (κ3) is 4.24. The van der Waals surface area contributed by atoms with Gasteiger partial charge in [0.05, 0.1) is 5.69 Å². The van der Waals surface area contributed by atoms with Gasteiger partial charge in [0, 0.05) is 13.1 Å². The van der Waals surface area contributed by atoms with E-state index in [2.05, 4.69) is 9.59 Å². The summed E-state index contributed by atoms with van der Waals surface area (Å²) >= 11 is 1.19. The first-order chi connectivity index (χ1) is 12.1. The van der Waals surface area contributed by atoms with Gasteiger partial charge in [0.15, 0.2) is 0 Å². The summed E-state index contributed by atoms with van der Waals surface area (Å²) in [4.78, 5) is 15.5. The van der Waals surface area contributed by atoms with Crippen LogP contribution >= 0.6 is 11.5 Å². The Morgan fingerprint density at radius 2 is 2.20 bits per heavy atom. The van der Waals surface area contributed by atoms with Crippen LogP contribution in [0.2, 0.25) is 0 Å². The van der Waals surface area contributed by atoms with Crippen LogP contribution in [0.3, 0.4) is 0 Å². The number of likely N-dealkylation sites (tertiary alicyclic amines) is 1. The second-order valence-corrected chi connectivity index (χ2v) is 7.79. The molecule has 1 aliphatic heterocycles. The number of carbonyl (C=O) groups is 1. The van der Waals surface area contributed by atoms with Gasteiger partial charge in [0.2, 0.25) is 0 Å². The average Bonchev–Trinajstić information content (AvgIpc) is 3.11. The van der Waals surface area contributed by atoms with E-state index in [1.807, 2.05) is 30.9 Å². The van der Waals surface area contributed by atoms with Crippen molar-refractivity contribution in [1.29, 1.82) is 0 Å². The molecule has 134 valence electrons. The third-order valence-corrected chi connectivity index (χ3v) is 5.57. The lowest BCUT2D eigenvalue weighted by Gasteiger charge is -2.32. The molecule has 0 radical (unpaired) electrons. The van der Waals surface area contributed by atoms with Crippen LogP contribution in [0.1, 0.15) is 60.0 Å². The molecule has 2 aromatic rings. The summed E-state index contributed by atoms with van der Waals surface area (Å²) in [6.07, 6.45) is 3.72. The van der Waals surface area contributed by atoms with Crippen LogP contribution in [-0.4, -0.2) is 33.5 Å². The number of piperidine rings is 1. The number of carbonyl (C=O) groups excluding carboxylic acids is 1. The molecule has 0 spiro atoms. The highest BCUT2D eigenvalue weighted by Gasteiger charge is 2.28. The van der Waals surface area contributed by atoms with Crippen molar-refractivity contribution >= 4 is 17.4 Å². The highest BCUT2D eigenvalue weighted by atomic mass is 32.1. The number of amides is 1. The van der Waals surface area contributed by atoms with Gasteiger partial charge in [-0.05, 0) is 60.7 Å². The number of aryl methyl sites for hydroxylation is 1. The first-order valence-corrected chi connectivity index (χ1v) is 9.68. The van der Waals surface area contributed by atoms with Crippen LogP contribution in [0.15, 0.2) is 24.3 Å². The van der Waals surface area contributed by atoms with Gasteiger partial charge in [0.1, 0.15) is 10.7 Å². The predicted octanol–water partition coefficient (Wildman–Crippen LogP) is 4.29. The van der Waals surface area contributed by atoms with Crippen molar-refractivity contribution in [2.45, 2.75) is 45.4 Å². The van der Waals surface area contributed by atoms with E-state index < -0.39 is 0 Å². The Bertz CT molecular complexity index is 731. The number of rotatable bonds is 5. The van der Waals surface area contributed by atoms with Gasteiger partial charge in [-0.1, -0.05) is 36.5 Å². The molecule has 1 unspecified atom stereocenters. The molecule has 1 amide bonds. The number of benzene rings is 1. The van der Waals surface area contributed by atoms with E-state index in [-0.39, 0.29) is 17.6 Å². The van der Waals surface area contributed by atoms with E-state index in [0.29, 0.717) is 10.8 Å². The van der Waals surface area contributed by atoms with Crippen molar-refractivity contribution in [3.05, 3.63) is 46.2 Å². The number of aromatic nitrogens is 2. The Labute approximate surface area is 152 Å². The summed E-state index contributed by atoms with van der Waals surface area (Å²) in [6.45, 7) is 5.58. The van der Waals surface area contributed by atoms with Crippen molar-refractivity contribution in [1.82, 2.24) is 14.5 Å². The Hall–Kier alpha value is -1.82. The molecule has 1 aliphatic rings. The van der Waals surface area contributed by atoms with Crippen molar-refractivity contribution in [2.75, 3.05) is 13.1 Å². The minimum atomic E-state index is -0.136. The summed E-state index contributed by atoms with van der Waals surface area (Å²) in [5, 5.41) is 4.12. The first-order valence-electron chi connectivity index (χ1n) is 8.91. The van der Waals surface area contributed by atoms with Gasteiger partial charge in [0.25, 0.3) is 5.91 Å². The highest BCUT2D eigenvalue weighted by Crippen LogP contribution is 2.26. The molecular formula is C19H24FN3OS. The molecule has 2 heterocycles. The fraction of sp³-hybridized carbons (Fsp3) is 0.526. The topological polar surface area (TPSA) is 46.1 Å². The standard InChI is InChI=1S/C19H24FN3OS/c1-13(2)17-18(25-22-21-17)19(24)23-11-5-6-14(12-23)9-10-15-7-3-4-8-16(15)20/h3-4,7-8,13-14H,5-6,9-12H2,1-2H3. The largest absolute Gasteiger partial charge is 0.338 e. The average molecular weight is 361 g/mol. The second kappa shape index (κ2) is 8.04. The molecule has 1 fully saturated rings. The van der Waals surface area contributed by atoms with Crippen LogP contribution in [0.4, 0.5) is 4.39 Å². The van der Waals surface area contributed by atoms with Crippen LogP contribution < -0.4 is 0 Å². The monoisotopic (exact) mass is 361 g/mol. The minimum Gasteiger partial charge on any atom is -0.338 e. The third-order valence-electron chi connectivity index (χ3n) is 4.84. The van der Waals surface area contributed by atoms with Crippen LogP contribution in [-0.2, 0) is 6.42 Å². The summed E-state index contributed by atoms with van der Waals surface area (Å²) in [5.41, 5.74) is 1.56. The van der Waals surface area contributed by atoms with Crippen molar-refractivity contribution in [3.63, 3.8) is 0 Å². The van der Waals surface area contributed by atoms with E-state index >= 15 is 0 Å². The van der Waals surface area contributed by atoms with Crippen LogP contribution in [0.5, 0.6) is 0 Å². The summed E-state index contributed by atoms with van der Waals surface area (Å²) in [5.74, 6) is 0.526. The second-order valence-electron chi connectivity index (χ2n) is 7.03. The zero-order valence-corrected chi connectivity index (χ0v) is 15.6. The number of halogens is 1. The summed E-state index contributed by atoms with van der Waals surface area (Å²) < 4.78 is 17.7. The molecule has 0 saturated carbocycles. The minimum absolute atomic E-state index is 0.0503. The zero-order chi connectivity index (χ0) is 17.8. The van der Waals surface area contributed by atoms with Gasteiger partial charge in [-0.25, -0.2) is 4.39 Å². The van der Waals surface area contributed by atoms with Gasteiger partial charge in [-0.15, -0.1) is 5.10 Å². The Balaban J connectivity index is 1.62. The van der Waals surface area contributed by atoms with Crippen molar-refractivity contribution in [2.24, 2.45) is 5.92 Å². The lowest BCUT2D eigenvalue weighted by Crippen LogP contribution is -2.40. The van der Waals surface area contributed by atoms with E-state index in [1.54, 1.807) is 6.07 Å². The lowest BCUT2D eigenvalue weighted by atomic mass is 9.91. The molecule has 1 saturated heterocycles. The zero-order valence-electron chi connectivity index (χ0n) is 14.7. The molecule has 1 aromatic heterocycles. The maximum absolute atomic E-state index is 13.8. The summed E-state index contributed by atoms with van der Waals surface area (Å²) in [6, 6.07) is 6.95. The first kappa shape index (κ1) is 18.0. The number of hydrogen-bond donors (Lipinski definition) is 0. The number of hydrogen-bond acceptors (Lipinski definition) is 4. The molecule has 4 nitrogen and oxygen atoms in total. The molecular weight excluding hydrogens is 337 g/mol. The quantitative estimate of drug-likeness (QED) is 0.798. The van der Waals surface area contributed by atoms with Crippen molar-refractivity contribution < 1.29 is 9.18 Å². The van der Waals surface area contributed by atoms with E-state index in [0.717, 1.165) is 50.0 Å². The fourth-order valence-electron chi connectivity index (χ4n) is 3.41. The molecule has 6 heteroatoms. The molecule has 0 bridgehead atoms. The Morgan fingerprint density at radius 1 is 1.40 bits per heavy atom. The molecule has 0 aliphatic carbocycles. The van der Waals surface area contributed by atoms with E-state index in [9.17, 15) is 9.18 Å². The molecule has 1 atom stereocenters. The molecule has 3 rings (SSSR count). The SMILES string of the molecule is CC(C)c1nnsc1C(=O)N1CCCC(CCc2ccccc2F)C1. The van der Waals surface area contributed by atoms with Gasteiger partial charge in [-0.2, -0.15) is 0 Å². The number of nitrogens with zero attached hydrogens (tertiary/aromatic N) is 3. The van der Waals surface area contributed by atoms with Gasteiger partial charge >= 0.3 is 0 Å². The fourth-order valence-corrected chi connectivity index (χ4v) is 4.20. The summed E-state index contributed by atoms with van der Waals surface area (Å²) in [7, 11) is 0. The van der Waals surface area contributed by atoms with Crippen LogP contribution in [0, 0.1) is 11.7 Å². The molecule has 0 N–H and O–H groups in total. The van der Waals surface area contributed by atoms with Crippen LogP contribution in [0.25, 0.3) is 0 Å². The predicted molar refractivity (Wildman–Crippen MR) is 97.3 cm³/mol. The van der Waals surface area contributed by atoms with Gasteiger partial charge < -0.3 is 4.90 Å². The maximum atomic E-state index is 13.8. The smallest absolute Gasteiger partial charge is 0.267 e. The van der Waals surface area contributed by atoms with Crippen molar-refractivity contribution in [3.8, 4) is 0 Å². The highest BCUT2D eigenvalue weighted by molar-refractivity contribution is 7.08. The van der Waals surface area contributed by atoms with E-state index in [1.165, 1.54) is 17.6 Å². The molecule has 1 aromatic carbocycles. The van der Waals surface area contributed by atoms with E-state index in [4.69, 9.17) is 0 Å².